The third-order valence-electron chi connectivity index (χ3n) is 7.30. The summed E-state index contributed by atoms with van der Waals surface area (Å²) in [4.78, 5) is 59.8. The smallest absolute Gasteiger partial charge is 0.418 e. The minimum absolute atomic E-state index is 0.0436. The number of amides is 3. The number of fused-ring (bicyclic) bond motifs is 1. The second-order valence-electron chi connectivity index (χ2n) is 9.74. The number of aliphatic hydroxyl groups excluding tert-OH is 1. The number of unbranched alkanes of at least 4 members (excludes halogenated alkanes) is 1. The monoisotopic (exact) mass is 582 g/mol. The van der Waals surface area contributed by atoms with Gasteiger partial charge in [0.15, 0.2) is 0 Å². The standard InChI is InChI=1S/C25H34N4O10S/c1-3-16(27-34)7-6-10-38-22(31)9-5-4-8-21-23-18(14-40-21)28(24(32)26-23)25(33)39-13-15-11-20(37-2)19(30)12-17(15)29(35)36/h3,6-7,10,15,17-21,23,30H,1,4-5,8-9,11-14H2,2H3,(H,26,32)/b10-6+,16-7+. The van der Waals surface area contributed by atoms with Crippen LogP contribution in [0.15, 0.2) is 41.9 Å². The van der Waals surface area contributed by atoms with Crippen LogP contribution in [0.1, 0.15) is 38.5 Å². The molecule has 0 aromatic carbocycles. The van der Waals surface area contributed by atoms with E-state index in [0.717, 1.165) is 4.90 Å². The van der Waals surface area contributed by atoms with Gasteiger partial charge in [0.25, 0.3) is 0 Å². The molecule has 2 saturated heterocycles. The first kappa shape index (κ1) is 31.2. The van der Waals surface area contributed by atoms with E-state index in [1.165, 1.54) is 31.6 Å². The molecule has 0 bridgehead atoms. The number of allylic oxidation sites excluding steroid dienone is 3. The summed E-state index contributed by atoms with van der Waals surface area (Å²) >= 11 is 1.62. The van der Waals surface area contributed by atoms with Gasteiger partial charge in [0.05, 0.1) is 36.5 Å². The van der Waals surface area contributed by atoms with Crippen LogP contribution in [0.5, 0.6) is 0 Å². The first-order chi connectivity index (χ1) is 19.2. The molecule has 2 heterocycles. The zero-order valence-corrected chi connectivity index (χ0v) is 22.9. The summed E-state index contributed by atoms with van der Waals surface area (Å²) in [7, 11) is 1.41. The predicted molar refractivity (Wildman–Crippen MR) is 144 cm³/mol. The van der Waals surface area contributed by atoms with Gasteiger partial charge in [-0.1, -0.05) is 13.0 Å². The Kier molecular flexibility index (Phi) is 11.6. The van der Waals surface area contributed by atoms with E-state index < -0.39 is 53.2 Å². The second-order valence-corrected chi connectivity index (χ2v) is 11.0. The highest BCUT2D eigenvalue weighted by Crippen LogP contribution is 2.37. The third-order valence-corrected chi connectivity index (χ3v) is 8.79. The Morgan fingerprint density at radius 3 is 2.80 bits per heavy atom. The quantitative estimate of drug-likeness (QED) is 0.0475. The van der Waals surface area contributed by atoms with Gasteiger partial charge in [0.2, 0.25) is 6.04 Å². The molecule has 3 fully saturated rings. The van der Waals surface area contributed by atoms with E-state index in [2.05, 4.69) is 17.1 Å². The lowest BCUT2D eigenvalue weighted by molar-refractivity contribution is -0.540. The second kappa shape index (κ2) is 14.9. The molecule has 220 valence electrons. The van der Waals surface area contributed by atoms with E-state index in [0.29, 0.717) is 25.0 Å². The zero-order chi connectivity index (χ0) is 29.2. The summed E-state index contributed by atoms with van der Waals surface area (Å²) in [5, 5.41) is 27.1. The van der Waals surface area contributed by atoms with Crippen LogP contribution < -0.4 is 5.32 Å². The van der Waals surface area contributed by atoms with E-state index >= 15 is 0 Å². The van der Waals surface area contributed by atoms with E-state index in [4.69, 9.17) is 14.2 Å². The van der Waals surface area contributed by atoms with Crippen molar-refractivity contribution in [2.45, 2.75) is 74.1 Å². The van der Waals surface area contributed by atoms with Crippen molar-refractivity contribution >= 4 is 29.9 Å². The molecule has 0 spiro atoms. The van der Waals surface area contributed by atoms with Gasteiger partial charge in [-0.2, -0.15) is 11.8 Å². The van der Waals surface area contributed by atoms with Crippen LogP contribution in [0.4, 0.5) is 9.59 Å². The molecule has 0 aromatic heterocycles. The lowest BCUT2D eigenvalue weighted by Gasteiger charge is -2.34. The summed E-state index contributed by atoms with van der Waals surface area (Å²) in [6, 6.07) is -2.34. The molecule has 3 aliphatic rings. The van der Waals surface area contributed by atoms with Crippen LogP contribution in [-0.4, -0.2) is 88.1 Å². The average Bonchev–Trinajstić information content (AvgIpc) is 3.47. The number of hydrogen-bond donors (Lipinski definition) is 2. The molecule has 7 unspecified atom stereocenters. The van der Waals surface area contributed by atoms with Crippen LogP contribution >= 0.6 is 11.8 Å². The highest BCUT2D eigenvalue weighted by molar-refractivity contribution is 8.00. The number of thioether (sulfide) groups is 1. The van der Waals surface area contributed by atoms with Crippen LogP contribution in [0.25, 0.3) is 0 Å². The number of hydrogen-bond acceptors (Lipinski definition) is 12. The lowest BCUT2D eigenvalue weighted by atomic mass is 9.82. The van der Waals surface area contributed by atoms with Crippen molar-refractivity contribution in [2.24, 2.45) is 11.1 Å². The van der Waals surface area contributed by atoms with Crippen LogP contribution in [0.3, 0.4) is 0 Å². The Hall–Kier alpha value is -3.30. The third kappa shape index (κ3) is 7.88. The van der Waals surface area contributed by atoms with Crippen LogP contribution in [-0.2, 0) is 19.0 Å². The van der Waals surface area contributed by atoms with E-state index in [-0.39, 0.29) is 42.9 Å². The first-order valence-electron chi connectivity index (χ1n) is 12.9. The van der Waals surface area contributed by atoms with Gasteiger partial charge < -0.3 is 24.6 Å². The summed E-state index contributed by atoms with van der Waals surface area (Å²) in [6.45, 7) is 3.16. The molecule has 3 rings (SSSR count). The average molecular weight is 583 g/mol. The zero-order valence-electron chi connectivity index (χ0n) is 22.1. The van der Waals surface area contributed by atoms with Crippen molar-refractivity contribution in [3.8, 4) is 0 Å². The number of carbonyl (C=O) groups excluding carboxylic acids is 3. The van der Waals surface area contributed by atoms with Gasteiger partial charge in [0, 0.05) is 35.9 Å². The normalized spacial score (nSPS) is 30.1. The molecule has 40 heavy (non-hydrogen) atoms. The maximum Gasteiger partial charge on any atom is 0.418 e. The van der Waals surface area contributed by atoms with Gasteiger partial charge in [0.1, 0.15) is 12.3 Å². The summed E-state index contributed by atoms with van der Waals surface area (Å²) in [5.74, 6) is -0.561. The number of nitrogens with one attached hydrogen (secondary N) is 1. The molecule has 3 amide bonds. The van der Waals surface area contributed by atoms with Gasteiger partial charge in [-0.15, -0.1) is 4.91 Å². The number of rotatable bonds is 13. The minimum Gasteiger partial charge on any atom is -0.448 e. The Labute approximate surface area is 235 Å². The molecule has 2 aliphatic heterocycles. The maximum atomic E-state index is 12.9. The van der Waals surface area contributed by atoms with E-state index in [1.807, 2.05) is 0 Å². The fourth-order valence-electron chi connectivity index (χ4n) is 5.15. The fraction of sp³-hybridized carbons (Fsp3) is 0.640. The Bertz CT molecular complexity index is 1030. The topological polar surface area (TPSA) is 187 Å². The van der Waals surface area contributed by atoms with Crippen molar-refractivity contribution in [3.05, 3.63) is 51.8 Å². The van der Waals surface area contributed by atoms with E-state index in [1.54, 1.807) is 11.8 Å². The Morgan fingerprint density at radius 2 is 2.12 bits per heavy atom. The number of methoxy groups -OCH3 is 1. The number of nitroso groups, excluding NO2 is 1. The van der Waals surface area contributed by atoms with Crippen LogP contribution in [0.2, 0.25) is 0 Å². The molecule has 15 heteroatoms. The van der Waals surface area contributed by atoms with Gasteiger partial charge >= 0.3 is 18.1 Å². The Balaban J connectivity index is 1.43. The number of urea groups is 1. The van der Waals surface area contributed by atoms with Gasteiger partial charge in [-0.05, 0) is 42.7 Å². The molecular formula is C25H34N4O10S. The maximum absolute atomic E-state index is 12.9. The van der Waals surface area contributed by atoms with Gasteiger partial charge in [-0.25, -0.2) is 14.5 Å². The molecule has 14 nitrogen and oxygen atoms in total. The number of esters is 1. The van der Waals surface area contributed by atoms with Crippen molar-refractivity contribution in [3.63, 3.8) is 0 Å². The lowest BCUT2D eigenvalue weighted by Crippen LogP contribution is -2.48. The van der Waals surface area contributed by atoms with Crippen LogP contribution in [0, 0.1) is 20.9 Å². The number of imide groups is 1. The number of aliphatic hydroxyl groups is 1. The molecule has 0 aromatic rings. The van der Waals surface area contributed by atoms with E-state index in [9.17, 15) is 34.5 Å². The Morgan fingerprint density at radius 1 is 1.35 bits per heavy atom. The van der Waals surface area contributed by atoms with Crippen molar-refractivity contribution in [2.75, 3.05) is 19.5 Å². The minimum atomic E-state index is -1.09. The summed E-state index contributed by atoms with van der Waals surface area (Å²) < 4.78 is 15.5. The number of nitrogens with zero attached hydrogens (tertiary/aromatic N) is 3. The molecule has 0 radical (unpaired) electrons. The number of carbonyl (C=O) groups is 3. The molecule has 1 saturated carbocycles. The summed E-state index contributed by atoms with van der Waals surface area (Å²) in [5.41, 5.74) is 0.110. The van der Waals surface area contributed by atoms with Crippen molar-refractivity contribution in [1.29, 1.82) is 0 Å². The fourth-order valence-corrected chi connectivity index (χ4v) is 6.74. The number of nitro groups is 1. The summed E-state index contributed by atoms with van der Waals surface area (Å²) in [6.07, 6.45) is 4.96. The molecule has 7 atom stereocenters. The largest absolute Gasteiger partial charge is 0.448 e. The molecule has 1 aliphatic carbocycles. The van der Waals surface area contributed by atoms with Gasteiger partial charge in [-0.3, -0.25) is 14.9 Å². The SMILES string of the molecule is C=C/C(=C\C=C\OC(=O)CCCCC1SCC2C1NC(=O)N2C(=O)OCC1CC(OC)C(O)CC1[N+](=O)[O-])N=O. The predicted octanol–water partition coefficient (Wildman–Crippen LogP) is 2.89. The highest BCUT2D eigenvalue weighted by Gasteiger charge is 2.51. The highest BCUT2D eigenvalue weighted by atomic mass is 32.2. The molecule has 2 N–H and O–H groups in total. The van der Waals surface area contributed by atoms with Crippen molar-refractivity contribution in [1.82, 2.24) is 10.2 Å². The first-order valence-corrected chi connectivity index (χ1v) is 14.0. The van der Waals surface area contributed by atoms with Crippen molar-refractivity contribution < 1.29 is 38.6 Å². The number of ether oxygens (including phenoxy) is 3. The molecular weight excluding hydrogens is 548 g/mol.